The van der Waals surface area contributed by atoms with E-state index in [1.165, 1.54) is 24.0 Å². The third-order valence-corrected chi connectivity index (χ3v) is 6.66. The number of nitrogens with one attached hydrogen (secondary N) is 1. The van der Waals surface area contributed by atoms with Gasteiger partial charge in [-0.2, -0.15) is 0 Å². The molecule has 1 atom stereocenters. The highest BCUT2D eigenvalue weighted by molar-refractivity contribution is 5.90. The largest absolute Gasteiger partial charge is 0.342 e. The summed E-state index contributed by atoms with van der Waals surface area (Å²) in [4.78, 5) is 32.8. The molecule has 0 spiro atoms. The number of nitrogens with zero attached hydrogens (tertiary/aromatic N) is 3. The van der Waals surface area contributed by atoms with E-state index < -0.39 is 0 Å². The lowest BCUT2D eigenvalue weighted by Crippen LogP contribution is -2.50. The van der Waals surface area contributed by atoms with Gasteiger partial charge in [0.05, 0.1) is 0 Å². The second kappa shape index (κ2) is 8.09. The van der Waals surface area contributed by atoms with Gasteiger partial charge in [-0.05, 0) is 54.5 Å². The molecule has 1 aromatic carbocycles. The lowest BCUT2D eigenvalue weighted by atomic mass is 9.93. The summed E-state index contributed by atoms with van der Waals surface area (Å²) in [6.45, 7) is 3.13. The smallest absolute Gasteiger partial charge is 0.321 e. The molecule has 3 heterocycles. The van der Waals surface area contributed by atoms with Crippen LogP contribution in [0.3, 0.4) is 0 Å². The first kappa shape index (κ1) is 19.1. The van der Waals surface area contributed by atoms with E-state index in [9.17, 15) is 9.59 Å². The second-order valence-corrected chi connectivity index (χ2v) is 8.91. The molecular weight excluding hydrogens is 376 g/mol. The maximum atomic E-state index is 12.5. The van der Waals surface area contributed by atoms with Crippen LogP contribution in [0, 0.1) is 5.92 Å². The van der Waals surface area contributed by atoms with Gasteiger partial charge in [-0.15, -0.1) is 0 Å². The van der Waals surface area contributed by atoms with Gasteiger partial charge in [-0.3, -0.25) is 9.78 Å². The number of urea groups is 1. The third-order valence-electron chi connectivity index (χ3n) is 6.66. The van der Waals surface area contributed by atoms with Crippen molar-refractivity contribution in [1.29, 1.82) is 0 Å². The summed E-state index contributed by atoms with van der Waals surface area (Å²) >= 11 is 0. The summed E-state index contributed by atoms with van der Waals surface area (Å²) in [6.07, 6.45) is 7.84. The number of amides is 3. The van der Waals surface area contributed by atoms with Crippen molar-refractivity contribution in [2.45, 2.75) is 37.5 Å². The first-order valence-corrected chi connectivity index (χ1v) is 11.0. The molecule has 156 valence electrons. The van der Waals surface area contributed by atoms with Crippen molar-refractivity contribution in [3.05, 3.63) is 59.9 Å². The highest BCUT2D eigenvalue weighted by atomic mass is 16.2. The summed E-state index contributed by atoms with van der Waals surface area (Å²) in [5.74, 6) is 1.74. The number of pyridine rings is 1. The maximum absolute atomic E-state index is 12.5. The number of hydrogen-bond acceptors (Lipinski definition) is 3. The Morgan fingerprint density at radius 3 is 2.40 bits per heavy atom. The Morgan fingerprint density at radius 1 is 0.933 bits per heavy atom. The van der Waals surface area contributed by atoms with Crippen LogP contribution in [0.5, 0.6) is 0 Å². The molecule has 1 N–H and O–H groups in total. The van der Waals surface area contributed by atoms with Gasteiger partial charge in [0.1, 0.15) is 0 Å². The van der Waals surface area contributed by atoms with Crippen LogP contribution in [0.1, 0.15) is 48.6 Å². The standard InChI is InChI=1S/C24H28N4O2/c29-23(12-17-3-4-17)27-11-9-20(14-27)18-5-7-22(8-6-18)26-24(30)28-15-21(16-28)19-2-1-10-25-13-19/h1-2,5-8,10,13,17,20-21H,3-4,9,11-12,14-16H2,(H,26,30). The van der Waals surface area contributed by atoms with Crippen molar-refractivity contribution >= 4 is 17.6 Å². The predicted molar refractivity (Wildman–Crippen MR) is 115 cm³/mol. The van der Waals surface area contributed by atoms with Crippen LogP contribution in [0.25, 0.3) is 0 Å². The van der Waals surface area contributed by atoms with E-state index in [1.807, 2.05) is 34.2 Å². The predicted octanol–water partition coefficient (Wildman–Crippen LogP) is 3.83. The number of aromatic nitrogens is 1. The zero-order valence-electron chi connectivity index (χ0n) is 17.2. The first-order chi connectivity index (χ1) is 14.7. The Morgan fingerprint density at radius 2 is 1.70 bits per heavy atom. The number of hydrogen-bond donors (Lipinski definition) is 1. The van der Waals surface area contributed by atoms with Crippen molar-refractivity contribution in [3.8, 4) is 0 Å². The highest BCUT2D eigenvalue weighted by Crippen LogP contribution is 2.35. The van der Waals surface area contributed by atoms with Crippen molar-refractivity contribution in [3.63, 3.8) is 0 Å². The van der Waals surface area contributed by atoms with Crippen molar-refractivity contribution in [1.82, 2.24) is 14.8 Å². The van der Waals surface area contributed by atoms with Crippen LogP contribution >= 0.6 is 0 Å². The van der Waals surface area contributed by atoms with E-state index in [4.69, 9.17) is 0 Å². The topological polar surface area (TPSA) is 65.5 Å². The number of carbonyl (C=O) groups excluding carboxylic acids is 2. The van der Waals surface area contributed by atoms with Crippen molar-refractivity contribution in [2.75, 3.05) is 31.5 Å². The van der Waals surface area contributed by atoms with Gasteiger partial charge in [0.2, 0.25) is 5.91 Å². The molecule has 1 aromatic heterocycles. The van der Waals surface area contributed by atoms with E-state index in [-0.39, 0.29) is 6.03 Å². The summed E-state index contributed by atoms with van der Waals surface area (Å²) in [5.41, 5.74) is 3.25. The molecule has 2 aliphatic heterocycles. The van der Waals surface area contributed by atoms with Crippen molar-refractivity contribution < 1.29 is 9.59 Å². The average Bonchev–Trinajstić information content (AvgIpc) is 3.39. The second-order valence-electron chi connectivity index (χ2n) is 8.91. The van der Waals surface area contributed by atoms with Gasteiger partial charge in [0, 0.05) is 62.5 Å². The molecule has 6 nitrogen and oxygen atoms in total. The molecule has 1 unspecified atom stereocenters. The fourth-order valence-corrected chi connectivity index (χ4v) is 4.47. The number of carbonyl (C=O) groups is 2. The lowest BCUT2D eigenvalue weighted by Gasteiger charge is -2.39. The maximum Gasteiger partial charge on any atom is 0.321 e. The molecule has 2 aromatic rings. The van der Waals surface area contributed by atoms with Crippen LogP contribution in [0.15, 0.2) is 48.8 Å². The van der Waals surface area contributed by atoms with Crippen LogP contribution in [0.2, 0.25) is 0 Å². The molecule has 0 bridgehead atoms. The van der Waals surface area contributed by atoms with Crippen LogP contribution in [0.4, 0.5) is 10.5 Å². The number of rotatable bonds is 5. The molecule has 3 fully saturated rings. The number of likely N-dealkylation sites (tertiary alicyclic amines) is 2. The summed E-state index contributed by atoms with van der Waals surface area (Å²) < 4.78 is 0. The third kappa shape index (κ3) is 4.18. The molecule has 1 aliphatic carbocycles. The summed E-state index contributed by atoms with van der Waals surface area (Å²) in [5, 5.41) is 3.00. The van der Waals surface area contributed by atoms with E-state index in [0.29, 0.717) is 23.7 Å². The normalized spacial score (nSPS) is 21.4. The first-order valence-electron chi connectivity index (χ1n) is 11.0. The molecule has 30 heavy (non-hydrogen) atoms. The van der Waals surface area contributed by atoms with Gasteiger partial charge >= 0.3 is 6.03 Å². The van der Waals surface area contributed by atoms with Gasteiger partial charge in [-0.1, -0.05) is 18.2 Å². The number of anilines is 1. The van der Waals surface area contributed by atoms with Gasteiger partial charge in [0.25, 0.3) is 0 Å². The molecule has 6 heteroatoms. The van der Waals surface area contributed by atoms with Gasteiger partial charge in [-0.25, -0.2) is 4.79 Å². The quantitative estimate of drug-likeness (QED) is 0.824. The SMILES string of the molecule is O=C(CC1CC1)N1CCC(c2ccc(NC(=O)N3CC(c4cccnc4)C3)cc2)C1. The molecule has 3 aliphatic rings. The lowest BCUT2D eigenvalue weighted by molar-refractivity contribution is -0.130. The minimum Gasteiger partial charge on any atom is -0.342 e. The van der Waals surface area contributed by atoms with E-state index in [1.54, 1.807) is 6.20 Å². The zero-order chi connectivity index (χ0) is 20.5. The minimum absolute atomic E-state index is 0.0550. The molecule has 0 radical (unpaired) electrons. The number of benzene rings is 1. The van der Waals surface area contributed by atoms with Crippen molar-refractivity contribution in [2.24, 2.45) is 5.92 Å². The van der Waals surface area contributed by atoms with Crippen LogP contribution < -0.4 is 5.32 Å². The Bertz CT molecular complexity index is 905. The molecule has 1 saturated carbocycles. The Labute approximate surface area is 177 Å². The van der Waals surface area contributed by atoms with E-state index >= 15 is 0 Å². The molecule has 3 amide bonds. The Balaban J connectivity index is 1.11. The average molecular weight is 405 g/mol. The summed E-state index contributed by atoms with van der Waals surface area (Å²) in [7, 11) is 0. The Hall–Kier alpha value is -2.89. The zero-order valence-corrected chi connectivity index (χ0v) is 17.2. The monoisotopic (exact) mass is 404 g/mol. The minimum atomic E-state index is -0.0550. The fraction of sp³-hybridized carbons (Fsp3) is 0.458. The molecule has 5 rings (SSSR count). The van der Waals surface area contributed by atoms with E-state index in [0.717, 1.165) is 44.7 Å². The molecular formula is C24H28N4O2. The fourth-order valence-electron chi connectivity index (χ4n) is 4.47. The Kier molecular flexibility index (Phi) is 5.15. The van der Waals surface area contributed by atoms with Gasteiger partial charge in [0.15, 0.2) is 0 Å². The summed E-state index contributed by atoms with van der Waals surface area (Å²) in [6, 6.07) is 12.1. The van der Waals surface area contributed by atoms with Crippen LogP contribution in [-0.4, -0.2) is 52.9 Å². The van der Waals surface area contributed by atoms with Gasteiger partial charge < -0.3 is 15.1 Å². The highest BCUT2D eigenvalue weighted by Gasteiger charge is 2.33. The molecule has 2 saturated heterocycles. The van der Waals surface area contributed by atoms with Crippen LogP contribution in [-0.2, 0) is 4.79 Å². The van der Waals surface area contributed by atoms with E-state index in [2.05, 4.69) is 28.5 Å².